The van der Waals surface area contributed by atoms with Crippen LogP contribution >= 0.6 is 0 Å². The smallest absolute Gasteiger partial charge is 0.246 e. The highest BCUT2D eigenvalue weighted by Crippen LogP contribution is 2.29. The van der Waals surface area contributed by atoms with E-state index in [1.54, 1.807) is 16.9 Å². The number of nitrogens with zero attached hydrogens (tertiary/aromatic N) is 2. The molecule has 5 heteroatoms. The second kappa shape index (κ2) is 6.24. The van der Waals surface area contributed by atoms with Crippen molar-refractivity contribution in [2.24, 2.45) is 0 Å². The van der Waals surface area contributed by atoms with Crippen LogP contribution in [0.3, 0.4) is 0 Å². The van der Waals surface area contributed by atoms with Gasteiger partial charge in [0.05, 0.1) is 7.11 Å². The lowest BCUT2D eigenvalue weighted by Gasteiger charge is -2.43. The molecule has 0 bridgehead atoms. The molecule has 2 aliphatic rings. The summed E-state index contributed by atoms with van der Waals surface area (Å²) < 4.78 is 5.37. The summed E-state index contributed by atoms with van der Waals surface area (Å²) in [5, 5.41) is 0. The van der Waals surface area contributed by atoms with Crippen molar-refractivity contribution >= 4 is 11.8 Å². The van der Waals surface area contributed by atoms with E-state index < -0.39 is 6.04 Å². The molecule has 2 amide bonds. The minimum Gasteiger partial charge on any atom is -0.496 e. The Bertz CT molecular complexity index is 833. The Labute approximate surface area is 146 Å². The quantitative estimate of drug-likeness (QED) is 0.861. The van der Waals surface area contributed by atoms with Crippen LogP contribution in [0.2, 0.25) is 0 Å². The monoisotopic (exact) mass is 336 g/mol. The van der Waals surface area contributed by atoms with Gasteiger partial charge in [-0.05, 0) is 17.2 Å². The van der Waals surface area contributed by atoms with Gasteiger partial charge in [-0.1, -0.05) is 42.5 Å². The molecule has 0 aromatic heterocycles. The van der Waals surface area contributed by atoms with Crippen molar-refractivity contribution in [2.75, 3.05) is 13.7 Å². The van der Waals surface area contributed by atoms with Crippen molar-refractivity contribution in [3.63, 3.8) is 0 Å². The highest BCUT2D eigenvalue weighted by atomic mass is 16.5. The molecule has 2 heterocycles. The minimum atomic E-state index is -0.397. The van der Waals surface area contributed by atoms with Crippen molar-refractivity contribution in [1.82, 2.24) is 9.80 Å². The van der Waals surface area contributed by atoms with E-state index in [4.69, 9.17) is 4.74 Å². The first kappa shape index (κ1) is 15.7. The maximum Gasteiger partial charge on any atom is 0.246 e. The Morgan fingerprint density at radius 3 is 2.52 bits per heavy atom. The fourth-order valence-corrected chi connectivity index (χ4v) is 3.72. The summed E-state index contributed by atoms with van der Waals surface area (Å²) in [6.07, 6.45) is 0.586. The van der Waals surface area contributed by atoms with Crippen LogP contribution in [-0.2, 0) is 29.1 Å². The second-order valence-corrected chi connectivity index (χ2v) is 6.52. The van der Waals surface area contributed by atoms with Crippen molar-refractivity contribution in [1.29, 1.82) is 0 Å². The fraction of sp³-hybridized carbons (Fsp3) is 0.300. The van der Waals surface area contributed by atoms with Crippen molar-refractivity contribution in [3.8, 4) is 5.75 Å². The molecular weight excluding hydrogens is 316 g/mol. The molecule has 0 aliphatic carbocycles. The van der Waals surface area contributed by atoms with Gasteiger partial charge in [0, 0.05) is 25.1 Å². The number of hydrogen-bond acceptors (Lipinski definition) is 3. The first-order valence-electron chi connectivity index (χ1n) is 8.44. The van der Waals surface area contributed by atoms with Gasteiger partial charge in [-0.2, -0.15) is 0 Å². The number of ether oxygens (including phenoxy) is 1. The Kier molecular flexibility index (Phi) is 3.92. The second-order valence-electron chi connectivity index (χ2n) is 6.52. The normalized spacial score (nSPS) is 19.5. The molecule has 5 nitrogen and oxygen atoms in total. The number of rotatable bonds is 3. The number of carbonyl (C=O) groups is 2. The maximum atomic E-state index is 13.0. The third kappa shape index (κ3) is 2.76. The molecule has 0 unspecified atom stereocenters. The number of fused-ring (bicyclic) bond motifs is 2. The van der Waals surface area contributed by atoms with Crippen molar-refractivity contribution in [3.05, 3.63) is 65.2 Å². The Morgan fingerprint density at radius 1 is 1.00 bits per heavy atom. The van der Waals surface area contributed by atoms with E-state index in [9.17, 15) is 9.59 Å². The lowest BCUT2D eigenvalue weighted by molar-refractivity contribution is -0.157. The molecule has 2 aliphatic heterocycles. The van der Waals surface area contributed by atoms with Crippen molar-refractivity contribution < 1.29 is 14.3 Å². The van der Waals surface area contributed by atoms with E-state index >= 15 is 0 Å². The van der Waals surface area contributed by atoms with Crippen LogP contribution in [0.15, 0.2) is 48.5 Å². The minimum absolute atomic E-state index is 0.00833. The predicted molar refractivity (Wildman–Crippen MR) is 92.9 cm³/mol. The van der Waals surface area contributed by atoms with Gasteiger partial charge in [0.2, 0.25) is 11.8 Å². The Balaban J connectivity index is 1.60. The average molecular weight is 336 g/mol. The molecule has 1 atom stereocenters. The Morgan fingerprint density at radius 2 is 1.72 bits per heavy atom. The van der Waals surface area contributed by atoms with Gasteiger partial charge in [0.1, 0.15) is 18.3 Å². The molecule has 0 saturated carbocycles. The van der Waals surface area contributed by atoms with Crippen molar-refractivity contribution in [2.45, 2.75) is 25.6 Å². The summed E-state index contributed by atoms with van der Waals surface area (Å²) in [6, 6.07) is 15.2. The standard InChI is InChI=1S/C20H20N2O3/c1-25-18-9-5-4-8-16(18)11-21-13-19(23)22-12-15-7-3-2-6-14(15)10-17(22)20(21)24/h2-9,17H,10-13H2,1H3/t17-/m0/s1. The number of amides is 2. The zero-order valence-corrected chi connectivity index (χ0v) is 14.1. The van der Waals surface area contributed by atoms with E-state index in [0.717, 1.165) is 22.4 Å². The Hall–Kier alpha value is -2.82. The van der Waals surface area contributed by atoms with Crippen LogP contribution in [0.25, 0.3) is 0 Å². The van der Waals surface area contributed by atoms with Crippen LogP contribution in [0.5, 0.6) is 5.75 Å². The van der Waals surface area contributed by atoms with Gasteiger partial charge in [-0.25, -0.2) is 0 Å². The van der Waals surface area contributed by atoms with Gasteiger partial charge in [-0.15, -0.1) is 0 Å². The molecule has 25 heavy (non-hydrogen) atoms. The highest BCUT2D eigenvalue weighted by molar-refractivity contribution is 5.95. The largest absolute Gasteiger partial charge is 0.496 e. The van der Waals surface area contributed by atoms with Crippen LogP contribution in [0.1, 0.15) is 16.7 Å². The third-order valence-electron chi connectivity index (χ3n) is 5.05. The zero-order chi connectivity index (χ0) is 17.4. The number of hydrogen-bond donors (Lipinski definition) is 0. The predicted octanol–water partition coefficient (Wildman–Crippen LogP) is 1.99. The number of piperazine rings is 1. The summed E-state index contributed by atoms with van der Waals surface area (Å²) in [7, 11) is 1.61. The summed E-state index contributed by atoms with van der Waals surface area (Å²) >= 11 is 0. The van der Waals surface area contributed by atoms with E-state index in [0.29, 0.717) is 19.5 Å². The topological polar surface area (TPSA) is 49.9 Å². The van der Waals surface area contributed by atoms with Gasteiger partial charge in [-0.3, -0.25) is 9.59 Å². The molecule has 0 N–H and O–H groups in total. The number of carbonyl (C=O) groups excluding carboxylic acids is 2. The van der Waals surface area contributed by atoms with E-state index in [-0.39, 0.29) is 18.4 Å². The first-order chi connectivity index (χ1) is 12.2. The van der Waals surface area contributed by atoms with Crippen LogP contribution in [0.4, 0.5) is 0 Å². The summed E-state index contributed by atoms with van der Waals surface area (Å²) in [5.41, 5.74) is 3.21. The van der Waals surface area contributed by atoms with Gasteiger partial charge in [0.15, 0.2) is 0 Å². The van der Waals surface area contributed by atoms with Crippen LogP contribution < -0.4 is 4.74 Å². The fourth-order valence-electron chi connectivity index (χ4n) is 3.72. The zero-order valence-electron chi connectivity index (χ0n) is 14.1. The lowest BCUT2D eigenvalue weighted by atomic mass is 9.91. The molecule has 2 aromatic rings. The van der Waals surface area contributed by atoms with Gasteiger partial charge < -0.3 is 14.5 Å². The molecule has 1 fully saturated rings. The molecule has 0 radical (unpaired) electrons. The van der Waals surface area contributed by atoms with E-state index in [1.165, 1.54) is 0 Å². The maximum absolute atomic E-state index is 13.0. The third-order valence-corrected chi connectivity index (χ3v) is 5.05. The van der Waals surface area contributed by atoms with Gasteiger partial charge in [0.25, 0.3) is 0 Å². The lowest BCUT2D eigenvalue weighted by Crippen LogP contribution is -2.61. The number of methoxy groups -OCH3 is 1. The van der Waals surface area contributed by atoms with Gasteiger partial charge >= 0.3 is 0 Å². The molecule has 128 valence electrons. The molecule has 1 saturated heterocycles. The molecule has 4 rings (SSSR count). The van der Waals surface area contributed by atoms with E-state index in [2.05, 4.69) is 0 Å². The highest BCUT2D eigenvalue weighted by Gasteiger charge is 2.41. The number of para-hydroxylation sites is 1. The number of benzene rings is 2. The van der Waals surface area contributed by atoms with Crippen LogP contribution in [0, 0.1) is 0 Å². The summed E-state index contributed by atoms with van der Waals surface area (Å²) in [5.74, 6) is 0.758. The summed E-state index contributed by atoms with van der Waals surface area (Å²) in [6.45, 7) is 1.03. The average Bonchev–Trinajstić information content (AvgIpc) is 2.65. The van der Waals surface area contributed by atoms with E-state index in [1.807, 2.05) is 48.5 Å². The molecule has 2 aromatic carbocycles. The molecule has 0 spiro atoms. The summed E-state index contributed by atoms with van der Waals surface area (Å²) in [4.78, 5) is 29.0. The SMILES string of the molecule is COc1ccccc1CN1CC(=O)N2Cc3ccccc3C[C@H]2C1=O. The van der Waals surface area contributed by atoms with Crippen LogP contribution in [-0.4, -0.2) is 41.3 Å². The molecular formula is C20H20N2O3. The first-order valence-corrected chi connectivity index (χ1v) is 8.44.